The van der Waals surface area contributed by atoms with E-state index in [1.807, 2.05) is 24.3 Å². The lowest BCUT2D eigenvalue weighted by Gasteiger charge is -2.30. The van der Waals surface area contributed by atoms with Gasteiger partial charge in [-0.15, -0.1) is 0 Å². The van der Waals surface area contributed by atoms with Crippen LogP contribution in [0.5, 0.6) is 0 Å². The van der Waals surface area contributed by atoms with Gasteiger partial charge in [0.25, 0.3) is 0 Å². The third-order valence-corrected chi connectivity index (χ3v) is 5.09. The van der Waals surface area contributed by atoms with Crippen LogP contribution in [0.3, 0.4) is 0 Å². The Hall–Kier alpha value is -2.41. The second-order valence-electron chi connectivity index (χ2n) is 6.27. The van der Waals surface area contributed by atoms with Gasteiger partial charge in [0.15, 0.2) is 5.82 Å². The predicted molar refractivity (Wildman–Crippen MR) is 102 cm³/mol. The van der Waals surface area contributed by atoms with Gasteiger partial charge in [0.1, 0.15) is 5.76 Å². The molecule has 1 aliphatic heterocycles. The molecule has 1 N–H and O–H groups in total. The van der Waals surface area contributed by atoms with Crippen molar-refractivity contribution in [2.45, 2.75) is 19.8 Å². The van der Waals surface area contributed by atoms with Gasteiger partial charge in [0.05, 0.1) is 0 Å². The first kappa shape index (κ1) is 18.4. The zero-order chi connectivity index (χ0) is 18.5. The van der Waals surface area contributed by atoms with E-state index in [1.54, 1.807) is 30.0 Å². The summed E-state index contributed by atoms with van der Waals surface area (Å²) in [5, 5.41) is 6.53. The Bertz CT molecular complexity index is 823. The van der Waals surface area contributed by atoms with E-state index in [-0.39, 0.29) is 17.7 Å². The summed E-state index contributed by atoms with van der Waals surface area (Å²) >= 11 is 3.46. The smallest absolute Gasteiger partial charge is 0.246 e. The second kappa shape index (κ2) is 8.31. The van der Waals surface area contributed by atoms with E-state index in [0.29, 0.717) is 37.5 Å². The molecule has 2 heterocycles. The monoisotopic (exact) mass is 417 g/mol. The van der Waals surface area contributed by atoms with E-state index in [4.69, 9.17) is 4.52 Å². The van der Waals surface area contributed by atoms with Crippen LogP contribution >= 0.6 is 15.9 Å². The number of amides is 2. The maximum absolute atomic E-state index is 12.4. The normalized spacial score (nSPS) is 15.4. The topological polar surface area (TPSA) is 75.4 Å². The highest BCUT2D eigenvalue weighted by Crippen LogP contribution is 2.21. The van der Waals surface area contributed by atoms with Crippen molar-refractivity contribution in [3.63, 3.8) is 0 Å². The Morgan fingerprint density at radius 3 is 2.69 bits per heavy atom. The van der Waals surface area contributed by atoms with Crippen LogP contribution in [-0.2, 0) is 9.59 Å². The maximum atomic E-state index is 12.4. The van der Waals surface area contributed by atoms with Gasteiger partial charge in [-0.1, -0.05) is 39.3 Å². The molecule has 0 unspecified atom stereocenters. The lowest BCUT2D eigenvalue weighted by molar-refractivity contribution is -0.130. The van der Waals surface area contributed by atoms with Crippen molar-refractivity contribution in [1.82, 2.24) is 10.1 Å². The molecule has 0 atom stereocenters. The van der Waals surface area contributed by atoms with Crippen molar-refractivity contribution in [1.29, 1.82) is 0 Å². The van der Waals surface area contributed by atoms with Gasteiger partial charge < -0.3 is 14.7 Å². The number of nitrogens with zero attached hydrogens (tertiary/aromatic N) is 2. The third kappa shape index (κ3) is 4.60. The fourth-order valence-corrected chi connectivity index (χ4v) is 3.31. The first-order valence-electron chi connectivity index (χ1n) is 8.48. The molecule has 2 aromatic rings. The van der Waals surface area contributed by atoms with Crippen molar-refractivity contribution in [3.8, 4) is 0 Å². The minimum Gasteiger partial charge on any atom is -0.360 e. The van der Waals surface area contributed by atoms with Gasteiger partial charge in [-0.3, -0.25) is 9.59 Å². The minimum absolute atomic E-state index is 0.0354. The highest BCUT2D eigenvalue weighted by atomic mass is 79.9. The van der Waals surface area contributed by atoms with Gasteiger partial charge in [-0.05, 0) is 37.5 Å². The van der Waals surface area contributed by atoms with Crippen LogP contribution in [0.1, 0.15) is 24.2 Å². The van der Waals surface area contributed by atoms with Crippen molar-refractivity contribution >= 4 is 39.6 Å². The number of aromatic nitrogens is 1. The highest BCUT2D eigenvalue weighted by molar-refractivity contribution is 9.10. The molecule has 1 saturated heterocycles. The summed E-state index contributed by atoms with van der Waals surface area (Å²) in [7, 11) is 0. The van der Waals surface area contributed by atoms with Crippen molar-refractivity contribution in [3.05, 3.63) is 52.2 Å². The van der Waals surface area contributed by atoms with Crippen LogP contribution in [0.2, 0.25) is 0 Å². The molecule has 1 aromatic carbocycles. The summed E-state index contributed by atoms with van der Waals surface area (Å²) in [4.78, 5) is 26.4. The fourth-order valence-electron chi connectivity index (χ4n) is 2.89. The molecule has 0 aliphatic carbocycles. The number of carbonyl (C=O) groups is 2. The summed E-state index contributed by atoms with van der Waals surface area (Å²) in [5.41, 5.74) is 0.956. The Morgan fingerprint density at radius 1 is 1.31 bits per heavy atom. The average molecular weight is 418 g/mol. The SMILES string of the molecule is Cc1cc(NC(=O)C2CCN(C(=O)/C=C/c3ccccc3Br)CC2)no1. The van der Waals surface area contributed by atoms with E-state index in [9.17, 15) is 9.59 Å². The van der Waals surface area contributed by atoms with Gasteiger partial charge in [0.2, 0.25) is 11.8 Å². The number of anilines is 1. The predicted octanol–water partition coefficient (Wildman–Crippen LogP) is 3.64. The summed E-state index contributed by atoms with van der Waals surface area (Å²) < 4.78 is 5.89. The van der Waals surface area contributed by atoms with Crippen LogP contribution < -0.4 is 5.32 Å². The standard InChI is InChI=1S/C19H20BrN3O3/c1-13-12-17(22-26-13)21-19(25)15-8-10-23(11-9-15)18(24)7-6-14-4-2-3-5-16(14)20/h2-7,12,15H,8-11H2,1H3,(H,21,22,25)/b7-6+. The molecule has 26 heavy (non-hydrogen) atoms. The van der Waals surface area contributed by atoms with Crippen molar-refractivity contribution in [2.24, 2.45) is 5.92 Å². The molecule has 0 saturated carbocycles. The largest absolute Gasteiger partial charge is 0.360 e. The number of carbonyl (C=O) groups excluding carboxylic acids is 2. The molecular weight excluding hydrogens is 398 g/mol. The maximum Gasteiger partial charge on any atom is 0.246 e. The molecule has 136 valence electrons. The first-order chi connectivity index (χ1) is 12.5. The highest BCUT2D eigenvalue weighted by Gasteiger charge is 2.27. The zero-order valence-corrected chi connectivity index (χ0v) is 16.0. The molecule has 1 aliphatic rings. The quantitative estimate of drug-likeness (QED) is 0.770. The zero-order valence-electron chi connectivity index (χ0n) is 14.4. The lowest BCUT2D eigenvalue weighted by atomic mass is 9.96. The van der Waals surface area contributed by atoms with E-state index in [2.05, 4.69) is 26.4 Å². The Balaban J connectivity index is 1.50. The van der Waals surface area contributed by atoms with Crippen LogP contribution in [0, 0.1) is 12.8 Å². The molecule has 1 fully saturated rings. The molecule has 3 rings (SSSR count). The van der Waals surface area contributed by atoms with Gasteiger partial charge in [-0.2, -0.15) is 0 Å². The Labute approximate surface area is 160 Å². The number of likely N-dealkylation sites (tertiary alicyclic amines) is 1. The molecule has 0 radical (unpaired) electrons. The number of nitrogens with one attached hydrogen (secondary N) is 1. The van der Waals surface area contributed by atoms with E-state index >= 15 is 0 Å². The van der Waals surface area contributed by atoms with Crippen molar-refractivity contribution in [2.75, 3.05) is 18.4 Å². The van der Waals surface area contributed by atoms with Crippen LogP contribution in [0.15, 0.2) is 45.4 Å². The number of rotatable bonds is 4. The second-order valence-corrected chi connectivity index (χ2v) is 7.12. The minimum atomic E-state index is -0.122. The number of halogens is 1. The van der Waals surface area contributed by atoms with Gasteiger partial charge in [-0.25, -0.2) is 0 Å². The van der Waals surface area contributed by atoms with E-state index < -0.39 is 0 Å². The first-order valence-corrected chi connectivity index (χ1v) is 9.28. The fraction of sp³-hybridized carbons (Fsp3) is 0.316. The van der Waals surface area contributed by atoms with Gasteiger partial charge >= 0.3 is 0 Å². The van der Waals surface area contributed by atoms with Crippen LogP contribution in [0.25, 0.3) is 6.08 Å². The summed E-state index contributed by atoms with van der Waals surface area (Å²) in [6.45, 7) is 2.90. The number of hydrogen-bond acceptors (Lipinski definition) is 4. The molecular formula is C19H20BrN3O3. The molecule has 2 amide bonds. The van der Waals surface area contributed by atoms with E-state index in [0.717, 1.165) is 10.0 Å². The van der Waals surface area contributed by atoms with E-state index in [1.165, 1.54) is 0 Å². The Kier molecular flexibility index (Phi) is 5.88. The molecule has 7 heteroatoms. The molecule has 6 nitrogen and oxygen atoms in total. The molecule has 0 bridgehead atoms. The third-order valence-electron chi connectivity index (χ3n) is 4.37. The van der Waals surface area contributed by atoms with Gasteiger partial charge in [0, 0.05) is 35.6 Å². The summed E-state index contributed by atoms with van der Waals surface area (Å²) in [5.74, 6) is 0.851. The molecule has 0 spiro atoms. The lowest BCUT2D eigenvalue weighted by Crippen LogP contribution is -2.40. The number of hydrogen-bond donors (Lipinski definition) is 1. The number of piperidine rings is 1. The van der Waals surface area contributed by atoms with Crippen LogP contribution in [-0.4, -0.2) is 35.0 Å². The number of aryl methyl sites for hydroxylation is 1. The van der Waals surface area contributed by atoms with Crippen LogP contribution in [0.4, 0.5) is 5.82 Å². The van der Waals surface area contributed by atoms with Crippen molar-refractivity contribution < 1.29 is 14.1 Å². The average Bonchev–Trinajstić information content (AvgIpc) is 3.05. The summed E-state index contributed by atoms with van der Waals surface area (Å²) in [6, 6.07) is 9.42. The Morgan fingerprint density at radius 2 is 2.04 bits per heavy atom. The molecule has 1 aromatic heterocycles. The number of benzene rings is 1. The summed E-state index contributed by atoms with van der Waals surface area (Å²) in [6.07, 6.45) is 4.66.